The molecule has 41 heavy (non-hydrogen) atoms. The Kier molecular flexibility index (Phi) is 14.6. The highest BCUT2D eigenvalue weighted by molar-refractivity contribution is 6.60. The predicted octanol–water partition coefficient (Wildman–Crippen LogP) is 6.30. The molecule has 0 heterocycles. The van der Waals surface area contributed by atoms with Gasteiger partial charge in [-0.1, -0.05) is 0 Å². The van der Waals surface area contributed by atoms with Gasteiger partial charge in [-0.2, -0.15) is 57.1 Å². The first-order valence-corrected chi connectivity index (χ1v) is 13.8. The summed E-state index contributed by atoms with van der Waals surface area (Å²) in [6.07, 6.45) is -10.7. The van der Waals surface area contributed by atoms with E-state index in [0.29, 0.717) is 32.3 Å². The quantitative estimate of drug-likeness (QED) is 0.0944. The smallest absolute Gasteiger partial charge is 0.447 e. The zero-order chi connectivity index (χ0) is 32.4. The average Bonchev–Trinajstić information content (AvgIpc) is 2.83. The molecular weight excluding hydrogens is 625 g/mol. The summed E-state index contributed by atoms with van der Waals surface area (Å²) in [5, 5.41) is 2.29. The van der Waals surface area contributed by atoms with Crippen molar-refractivity contribution in [1.82, 2.24) is 5.32 Å². The van der Waals surface area contributed by atoms with Crippen LogP contribution in [0.25, 0.3) is 0 Å². The van der Waals surface area contributed by atoms with Crippen LogP contribution in [0, 0.1) is 0 Å². The highest BCUT2D eigenvalue weighted by atomic mass is 28.4. The van der Waals surface area contributed by atoms with E-state index in [-0.39, 0.29) is 6.54 Å². The van der Waals surface area contributed by atoms with Gasteiger partial charge < -0.3 is 28.1 Å². The van der Waals surface area contributed by atoms with E-state index < -0.39 is 76.9 Å². The molecular formula is C20H30F13NO6Si. The summed E-state index contributed by atoms with van der Waals surface area (Å²) in [7, 11) is -2.98. The van der Waals surface area contributed by atoms with Crippen molar-refractivity contribution in [2.24, 2.45) is 0 Å². The lowest BCUT2D eigenvalue weighted by molar-refractivity contribution is -0.440. The minimum Gasteiger partial charge on any atom is -0.447 e. The van der Waals surface area contributed by atoms with Crippen molar-refractivity contribution in [2.75, 3.05) is 46.2 Å². The number of alkyl halides is 13. The van der Waals surface area contributed by atoms with Crippen LogP contribution in [-0.4, -0.2) is 96.9 Å². The monoisotopic (exact) mass is 655 g/mol. The maximum atomic E-state index is 13.7. The zero-order valence-electron chi connectivity index (χ0n) is 21.9. The first-order chi connectivity index (χ1) is 18.5. The number of alkyl carbamates (subject to hydrolysis) is 1. The van der Waals surface area contributed by atoms with Gasteiger partial charge in [-0.25, -0.2) is 4.79 Å². The summed E-state index contributed by atoms with van der Waals surface area (Å²) in [4.78, 5) is 11.6. The number of hydrogen-bond acceptors (Lipinski definition) is 6. The van der Waals surface area contributed by atoms with E-state index in [1.54, 1.807) is 20.8 Å². The van der Waals surface area contributed by atoms with E-state index in [1.807, 2.05) is 0 Å². The molecule has 7 nitrogen and oxygen atoms in total. The molecule has 1 N–H and O–H groups in total. The molecule has 246 valence electrons. The van der Waals surface area contributed by atoms with Gasteiger partial charge in [0.05, 0.1) is 13.2 Å². The lowest BCUT2D eigenvalue weighted by atomic mass is 9.93. The van der Waals surface area contributed by atoms with E-state index in [9.17, 15) is 61.9 Å². The summed E-state index contributed by atoms with van der Waals surface area (Å²) < 4.78 is 195. The normalized spacial score (nSPS) is 14.3. The van der Waals surface area contributed by atoms with E-state index in [4.69, 9.17) is 13.3 Å². The highest BCUT2D eigenvalue weighted by Crippen LogP contribution is 2.60. The van der Waals surface area contributed by atoms with Crippen LogP contribution in [-0.2, 0) is 22.8 Å². The Morgan fingerprint density at radius 3 is 1.56 bits per heavy atom. The molecule has 0 aromatic carbocycles. The molecule has 1 amide bonds. The van der Waals surface area contributed by atoms with Gasteiger partial charge in [0.1, 0.15) is 6.61 Å². The minimum atomic E-state index is -7.95. The molecule has 0 spiro atoms. The number of rotatable bonds is 20. The number of amides is 1. The number of halogens is 13. The summed E-state index contributed by atoms with van der Waals surface area (Å²) >= 11 is 0. The SMILES string of the molecule is CCO[Si](CCCNC(=O)OCCOCCC(F)(F)C(F)(F)C(F)(F)C(F)(F)C(F)(F)C(F)(F)F)(OCC)OCC. The lowest BCUT2D eigenvalue weighted by Gasteiger charge is -2.39. The number of hydrogen-bond donors (Lipinski definition) is 1. The van der Waals surface area contributed by atoms with Gasteiger partial charge in [0.25, 0.3) is 0 Å². The van der Waals surface area contributed by atoms with Crippen molar-refractivity contribution >= 4 is 14.9 Å². The second kappa shape index (κ2) is 15.2. The van der Waals surface area contributed by atoms with Crippen LogP contribution < -0.4 is 5.32 Å². The third-order valence-electron chi connectivity index (χ3n) is 5.04. The molecule has 21 heteroatoms. The van der Waals surface area contributed by atoms with Crippen LogP contribution in [0.15, 0.2) is 0 Å². The van der Waals surface area contributed by atoms with Crippen LogP contribution in [0.3, 0.4) is 0 Å². The minimum absolute atomic E-state index is 0.0369. The standard InChI is InChI=1S/C20H30F13NO6Si/c1-4-38-41(39-5-2,40-6-3)13-7-9-34-14(35)37-12-11-36-10-8-15(21,22)16(23,24)17(25,26)18(27,28)19(29,30)20(31,32)33/h4-13H2,1-3H3,(H,34,35). The van der Waals surface area contributed by atoms with E-state index in [2.05, 4.69) is 14.8 Å². The Hall–Kier alpha value is -1.58. The second-order valence-corrected chi connectivity index (χ2v) is 10.7. The van der Waals surface area contributed by atoms with Crippen molar-refractivity contribution in [3.05, 3.63) is 0 Å². The molecule has 0 bridgehead atoms. The maximum Gasteiger partial charge on any atom is 0.500 e. The summed E-state index contributed by atoms with van der Waals surface area (Å²) in [5.74, 6) is -37.2. The van der Waals surface area contributed by atoms with Gasteiger partial charge in [-0.15, -0.1) is 0 Å². The molecule has 0 aromatic rings. The van der Waals surface area contributed by atoms with Crippen LogP contribution in [0.2, 0.25) is 6.04 Å². The summed E-state index contributed by atoms with van der Waals surface area (Å²) in [5.41, 5.74) is 0. The predicted molar refractivity (Wildman–Crippen MR) is 116 cm³/mol. The van der Waals surface area contributed by atoms with E-state index in [0.717, 1.165) is 0 Å². The molecule has 0 rings (SSSR count). The van der Waals surface area contributed by atoms with Crippen LogP contribution in [0.5, 0.6) is 0 Å². The fraction of sp³-hybridized carbons (Fsp3) is 0.950. The molecule has 0 atom stereocenters. The van der Waals surface area contributed by atoms with Gasteiger partial charge in [-0.05, 0) is 27.2 Å². The molecule has 0 saturated heterocycles. The summed E-state index contributed by atoms with van der Waals surface area (Å²) in [6.45, 7) is 3.08. The Bertz CT molecular complexity index is 785. The molecule has 0 aliphatic heterocycles. The van der Waals surface area contributed by atoms with Crippen LogP contribution in [0.4, 0.5) is 61.9 Å². The van der Waals surface area contributed by atoms with Crippen molar-refractivity contribution < 1.29 is 84.6 Å². The number of carbonyl (C=O) groups excluding carboxylic acids is 1. The second-order valence-electron chi connectivity index (χ2n) is 8.01. The van der Waals surface area contributed by atoms with Crippen LogP contribution in [0.1, 0.15) is 33.6 Å². The first kappa shape index (κ1) is 39.4. The zero-order valence-corrected chi connectivity index (χ0v) is 22.9. The van der Waals surface area contributed by atoms with Gasteiger partial charge in [-0.3, -0.25) is 0 Å². The largest absolute Gasteiger partial charge is 0.500 e. The molecule has 0 aliphatic rings. The van der Waals surface area contributed by atoms with Crippen LogP contribution >= 0.6 is 0 Å². The highest BCUT2D eigenvalue weighted by Gasteiger charge is 2.90. The van der Waals surface area contributed by atoms with Gasteiger partial charge in [0.15, 0.2) is 0 Å². The fourth-order valence-corrected chi connectivity index (χ4v) is 5.61. The Labute approximate surface area is 227 Å². The Morgan fingerprint density at radius 1 is 0.659 bits per heavy atom. The Morgan fingerprint density at radius 2 is 1.12 bits per heavy atom. The van der Waals surface area contributed by atoms with Crippen molar-refractivity contribution in [3.63, 3.8) is 0 Å². The fourth-order valence-electron chi connectivity index (χ4n) is 3.00. The topological polar surface area (TPSA) is 75.3 Å². The number of carbonyl (C=O) groups is 1. The molecule has 0 aromatic heterocycles. The third-order valence-corrected chi connectivity index (χ3v) is 8.19. The average molecular weight is 656 g/mol. The molecule has 0 fully saturated rings. The van der Waals surface area contributed by atoms with Gasteiger partial charge >= 0.3 is 50.7 Å². The van der Waals surface area contributed by atoms with Crippen molar-refractivity contribution in [3.8, 4) is 0 Å². The molecule has 0 radical (unpaired) electrons. The molecule has 0 aliphatic carbocycles. The van der Waals surface area contributed by atoms with Crippen molar-refractivity contribution in [2.45, 2.75) is 75.4 Å². The Balaban J connectivity index is 4.76. The van der Waals surface area contributed by atoms with Crippen molar-refractivity contribution in [1.29, 1.82) is 0 Å². The summed E-state index contributed by atoms with van der Waals surface area (Å²) in [6, 6.07) is 0.323. The van der Waals surface area contributed by atoms with E-state index in [1.165, 1.54) is 0 Å². The number of ether oxygens (including phenoxy) is 2. The van der Waals surface area contributed by atoms with E-state index >= 15 is 0 Å². The van der Waals surface area contributed by atoms with Gasteiger partial charge in [0.2, 0.25) is 0 Å². The molecule has 0 unspecified atom stereocenters. The number of nitrogens with one attached hydrogen (secondary N) is 1. The third kappa shape index (κ3) is 9.45. The van der Waals surface area contributed by atoms with Gasteiger partial charge in [0, 0.05) is 38.8 Å². The molecule has 0 saturated carbocycles. The lowest BCUT2D eigenvalue weighted by Crippen LogP contribution is -2.70. The first-order valence-electron chi connectivity index (χ1n) is 11.9. The maximum absolute atomic E-state index is 13.7.